The number of carbonyl (C=O) groups is 2. The van der Waals surface area contributed by atoms with Crippen LogP contribution in [0.15, 0.2) is 29.2 Å². The van der Waals surface area contributed by atoms with Crippen molar-refractivity contribution in [2.75, 3.05) is 16.9 Å². The predicted molar refractivity (Wildman–Crippen MR) is 102 cm³/mol. The molecule has 1 aromatic heterocycles. The molecule has 1 aliphatic rings. The molecule has 25 heavy (non-hydrogen) atoms. The molecule has 132 valence electrons. The fraction of sp³-hybridized carbons (Fsp3) is 0.294. The molecule has 6 nitrogen and oxygen atoms in total. The fourth-order valence-corrected chi connectivity index (χ4v) is 4.79. The van der Waals surface area contributed by atoms with E-state index in [9.17, 15) is 14.7 Å². The lowest BCUT2D eigenvalue weighted by Gasteiger charge is -2.17. The molecule has 0 bridgehead atoms. The molecule has 3 amide bonds. The van der Waals surface area contributed by atoms with Crippen molar-refractivity contribution in [1.29, 1.82) is 0 Å². The van der Waals surface area contributed by atoms with E-state index in [0.717, 1.165) is 15.3 Å². The number of aliphatic hydroxyl groups excluding tert-OH is 1. The maximum absolute atomic E-state index is 12.4. The molecule has 3 rings (SSSR count). The van der Waals surface area contributed by atoms with Crippen molar-refractivity contribution >= 4 is 45.7 Å². The minimum absolute atomic E-state index is 0.361. The van der Waals surface area contributed by atoms with Gasteiger partial charge in [-0.3, -0.25) is 10.1 Å². The lowest BCUT2D eigenvalue weighted by molar-refractivity contribution is 0.0999. The highest BCUT2D eigenvalue weighted by Crippen LogP contribution is 2.38. The van der Waals surface area contributed by atoms with Gasteiger partial charge in [-0.25, -0.2) is 4.79 Å². The average Bonchev–Trinajstić information content (AvgIpc) is 2.92. The number of rotatable bonds is 4. The summed E-state index contributed by atoms with van der Waals surface area (Å²) in [5.74, 6) is -0.561. The van der Waals surface area contributed by atoms with E-state index in [1.54, 1.807) is 0 Å². The summed E-state index contributed by atoms with van der Waals surface area (Å²) in [6.07, 6.45) is 3.18. The van der Waals surface area contributed by atoms with Crippen molar-refractivity contribution in [2.24, 2.45) is 5.73 Å². The molecular formula is C17H19N3O3S2. The minimum atomic E-state index is -0.561. The van der Waals surface area contributed by atoms with Gasteiger partial charge < -0.3 is 16.2 Å². The Bertz CT molecular complexity index is 819. The Kier molecular flexibility index (Phi) is 5.31. The number of fused-ring (bicyclic) bond motifs is 1. The number of primary amides is 1. The van der Waals surface area contributed by atoms with Crippen LogP contribution in [0, 0.1) is 0 Å². The van der Waals surface area contributed by atoms with E-state index in [1.165, 1.54) is 23.1 Å². The van der Waals surface area contributed by atoms with E-state index < -0.39 is 18.0 Å². The first-order valence-corrected chi connectivity index (χ1v) is 9.87. The van der Waals surface area contributed by atoms with Crippen LogP contribution in [0.5, 0.6) is 0 Å². The quantitative estimate of drug-likeness (QED) is 0.615. The molecule has 8 heteroatoms. The van der Waals surface area contributed by atoms with E-state index >= 15 is 0 Å². The monoisotopic (exact) mass is 377 g/mol. The molecule has 1 heterocycles. The third-order valence-electron chi connectivity index (χ3n) is 4.07. The Morgan fingerprint density at radius 3 is 2.80 bits per heavy atom. The van der Waals surface area contributed by atoms with E-state index in [1.807, 2.05) is 30.5 Å². The van der Waals surface area contributed by atoms with Crippen molar-refractivity contribution in [3.8, 4) is 0 Å². The molecular weight excluding hydrogens is 358 g/mol. The number of hydrogen-bond donors (Lipinski definition) is 4. The second-order valence-electron chi connectivity index (χ2n) is 5.75. The number of para-hydroxylation sites is 1. The first-order valence-electron chi connectivity index (χ1n) is 7.83. The minimum Gasteiger partial charge on any atom is -0.393 e. The van der Waals surface area contributed by atoms with E-state index in [0.29, 0.717) is 35.5 Å². The van der Waals surface area contributed by atoms with Gasteiger partial charge in [0.15, 0.2) is 0 Å². The van der Waals surface area contributed by atoms with Crippen LogP contribution in [-0.2, 0) is 12.8 Å². The summed E-state index contributed by atoms with van der Waals surface area (Å²) >= 11 is 2.84. The van der Waals surface area contributed by atoms with Gasteiger partial charge in [-0.05, 0) is 36.8 Å². The maximum atomic E-state index is 12.4. The number of aliphatic hydroxyl groups is 1. The van der Waals surface area contributed by atoms with Gasteiger partial charge in [0.05, 0.1) is 17.4 Å². The number of benzene rings is 1. The average molecular weight is 377 g/mol. The van der Waals surface area contributed by atoms with Gasteiger partial charge in [-0.1, -0.05) is 12.1 Å². The number of nitrogens with two attached hydrogens (primary N) is 1. The molecule has 0 saturated heterocycles. The number of thioether (sulfide) groups is 1. The van der Waals surface area contributed by atoms with Crippen molar-refractivity contribution in [3.63, 3.8) is 0 Å². The van der Waals surface area contributed by atoms with Gasteiger partial charge >= 0.3 is 6.03 Å². The number of urea groups is 1. The van der Waals surface area contributed by atoms with E-state index in [4.69, 9.17) is 5.73 Å². The highest BCUT2D eigenvalue weighted by atomic mass is 32.2. The van der Waals surface area contributed by atoms with Crippen LogP contribution in [0.4, 0.5) is 15.5 Å². The summed E-state index contributed by atoms with van der Waals surface area (Å²) in [6, 6.07) is 7.05. The lowest BCUT2D eigenvalue weighted by Crippen LogP contribution is -2.23. The van der Waals surface area contributed by atoms with Crippen LogP contribution >= 0.6 is 23.1 Å². The molecule has 2 aromatic rings. The second kappa shape index (κ2) is 7.47. The third kappa shape index (κ3) is 3.81. The summed E-state index contributed by atoms with van der Waals surface area (Å²) in [5.41, 5.74) is 7.43. The highest BCUT2D eigenvalue weighted by Gasteiger charge is 2.27. The fourth-order valence-electron chi connectivity index (χ4n) is 2.92. The van der Waals surface area contributed by atoms with Crippen LogP contribution < -0.4 is 16.4 Å². The third-order valence-corrected chi connectivity index (χ3v) is 6.03. The first-order chi connectivity index (χ1) is 12.0. The summed E-state index contributed by atoms with van der Waals surface area (Å²) in [5, 5.41) is 15.8. The zero-order chi connectivity index (χ0) is 18.0. The summed E-state index contributed by atoms with van der Waals surface area (Å²) < 4.78 is 0. The van der Waals surface area contributed by atoms with Crippen molar-refractivity contribution in [2.45, 2.75) is 30.3 Å². The molecule has 1 aliphatic carbocycles. The molecule has 5 N–H and O–H groups in total. The smallest absolute Gasteiger partial charge is 0.324 e. The molecule has 1 atom stereocenters. The van der Waals surface area contributed by atoms with Crippen molar-refractivity contribution in [1.82, 2.24) is 0 Å². The van der Waals surface area contributed by atoms with Gasteiger partial charge in [0.25, 0.3) is 5.91 Å². The SMILES string of the molecule is CSc1ccccc1NC(=O)Nc1sc2c(c1C(N)=O)CCC(O)C2. The Labute approximate surface area is 153 Å². The number of hydrogen-bond acceptors (Lipinski definition) is 5. The van der Waals surface area contributed by atoms with Crippen LogP contribution in [0.25, 0.3) is 0 Å². The van der Waals surface area contributed by atoms with Crippen LogP contribution in [0.3, 0.4) is 0 Å². The molecule has 0 fully saturated rings. The maximum Gasteiger partial charge on any atom is 0.324 e. The molecule has 1 unspecified atom stereocenters. The van der Waals surface area contributed by atoms with E-state index in [-0.39, 0.29) is 0 Å². The van der Waals surface area contributed by atoms with Gasteiger partial charge in [0.2, 0.25) is 0 Å². The standard InChI is InChI=1S/C17H19N3O3S2/c1-24-12-5-3-2-4-11(12)19-17(23)20-16-14(15(18)22)10-7-6-9(21)8-13(10)25-16/h2-5,9,21H,6-8H2,1H3,(H2,18,22)(H2,19,20,23). The molecule has 0 aliphatic heterocycles. The molecule has 1 aromatic carbocycles. The van der Waals surface area contributed by atoms with Crippen LogP contribution in [-0.4, -0.2) is 29.4 Å². The Morgan fingerprint density at radius 1 is 1.32 bits per heavy atom. The predicted octanol–water partition coefficient (Wildman–Crippen LogP) is 3.06. The Morgan fingerprint density at radius 2 is 2.08 bits per heavy atom. The van der Waals surface area contributed by atoms with Gasteiger partial charge in [0, 0.05) is 16.2 Å². The summed E-state index contributed by atoms with van der Waals surface area (Å²) in [7, 11) is 0. The highest BCUT2D eigenvalue weighted by molar-refractivity contribution is 7.98. The van der Waals surface area contributed by atoms with Crippen molar-refractivity contribution < 1.29 is 14.7 Å². The summed E-state index contributed by atoms with van der Waals surface area (Å²) in [4.78, 5) is 26.1. The van der Waals surface area contributed by atoms with E-state index in [2.05, 4.69) is 10.6 Å². The number of amides is 3. The number of carbonyl (C=O) groups excluding carboxylic acids is 2. The lowest BCUT2D eigenvalue weighted by atomic mass is 9.93. The number of nitrogens with one attached hydrogen (secondary N) is 2. The normalized spacial score (nSPS) is 16.2. The summed E-state index contributed by atoms with van der Waals surface area (Å²) in [6.45, 7) is 0. The van der Waals surface area contributed by atoms with Gasteiger partial charge in [-0.15, -0.1) is 23.1 Å². The number of thiophene rings is 1. The topological polar surface area (TPSA) is 104 Å². The molecule has 0 spiro atoms. The number of anilines is 2. The first kappa shape index (κ1) is 17.8. The van der Waals surface area contributed by atoms with Crippen LogP contribution in [0.2, 0.25) is 0 Å². The second-order valence-corrected chi connectivity index (χ2v) is 7.70. The molecule has 0 radical (unpaired) electrons. The largest absolute Gasteiger partial charge is 0.393 e. The zero-order valence-corrected chi connectivity index (χ0v) is 15.3. The van der Waals surface area contributed by atoms with Gasteiger partial charge in [0.1, 0.15) is 5.00 Å². The molecule has 0 saturated carbocycles. The van der Waals surface area contributed by atoms with Crippen molar-refractivity contribution in [3.05, 3.63) is 40.3 Å². The van der Waals surface area contributed by atoms with Gasteiger partial charge in [-0.2, -0.15) is 0 Å². The Balaban J connectivity index is 1.83. The zero-order valence-electron chi connectivity index (χ0n) is 13.7. The van der Waals surface area contributed by atoms with Crippen LogP contribution in [0.1, 0.15) is 27.2 Å². The Hall–Kier alpha value is -2.03.